The second-order valence-electron chi connectivity index (χ2n) is 12.6. The van der Waals surface area contributed by atoms with Gasteiger partial charge in [0, 0.05) is 53.1 Å². The van der Waals surface area contributed by atoms with Gasteiger partial charge in [0.05, 0.1) is 9.75 Å². The molecule has 4 aromatic heterocycles. The van der Waals surface area contributed by atoms with Gasteiger partial charge in [-0.25, -0.2) is 18.7 Å². The maximum Gasteiger partial charge on any atom is 0.303 e. The molecular weight excluding hydrogens is 775 g/mol. The number of aromatic amines is 2. The fourth-order valence-corrected chi connectivity index (χ4v) is 6.95. The molecule has 1 amide bonds. The number of rotatable bonds is 17. The van der Waals surface area contributed by atoms with Crippen molar-refractivity contribution in [2.75, 3.05) is 13.1 Å². The quantitative estimate of drug-likeness (QED) is 0.0594. The summed E-state index contributed by atoms with van der Waals surface area (Å²) in [5.74, 6) is 1.27. The number of nitrogens with one attached hydrogen (secondary N) is 3. The number of aryl methyl sites for hydroxylation is 2. The Morgan fingerprint density at radius 2 is 1.12 bits per heavy atom. The van der Waals surface area contributed by atoms with Crippen molar-refractivity contribution in [2.24, 2.45) is 5.73 Å². The number of nitrogens with two attached hydrogens (primary N) is 1. The summed E-state index contributed by atoms with van der Waals surface area (Å²) in [6.45, 7) is 4.08. The Morgan fingerprint density at radius 3 is 1.54 bits per heavy atom. The summed E-state index contributed by atoms with van der Waals surface area (Å²) < 4.78 is 25.6. The molecule has 0 unspecified atom stereocenters. The van der Waals surface area contributed by atoms with Gasteiger partial charge in [-0.3, -0.25) is 29.4 Å². The minimum atomic E-state index is -0.770. The summed E-state index contributed by atoms with van der Waals surface area (Å²) >= 11 is 2.94. The number of amides is 1. The van der Waals surface area contributed by atoms with Crippen LogP contribution < -0.4 is 11.1 Å². The van der Waals surface area contributed by atoms with Crippen LogP contribution >= 0.6 is 22.7 Å². The van der Waals surface area contributed by atoms with Crippen molar-refractivity contribution in [2.45, 2.75) is 65.2 Å². The highest BCUT2D eigenvalue weighted by molar-refractivity contribution is 7.14. The molecule has 0 aliphatic carbocycles. The van der Waals surface area contributed by atoms with Crippen molar-refractivity contribution < 1.29 is 33.1 Å². The normalized spacial score (nSPS) is 10.5. The standard InChI is InChI=1S/C20H21FN4O2S.C10H11FN4.C10H12O3S/c1-13(26)17-10-9-16(28-17)3-2-4-19(27)22-12-11-18-23-20(25-24-18)14-5-7-15(21)8-6-14;11-8-3-1-7(2-4-8)10-13-9(5-6-12)14-15-10;1-7(11)9-6-5-8(14-9)3-2-4-10(12)13/h5-10H,2-4,11-12H2,1H3,(H,22,27)(H,23,24,25);1-4H,5-6,12H2,(H,13,14,15);5-6H,2-4H2,1H3,(H,12,13). The highest BCUT2D eigenvalue weighted by atomic mass is 32.1. The Kier molecular flexibility index (Phi) is 17.5. The topological polar surface area (TPSA) is 210 Å². The van der Waals surface area contributed by atoms with E-state index in [0.717, 1.165) is 55.7 Å². The van der Waals surface area contributed by atoms with E-state index in [1.165, 1.54) is 53.9 Å². The minimum Gasteiger partial charge on any atom is -0.481 e. The predicted molar refractivity (Wildman–Crippen MR) is 215 cm³/mol. The van der Waals surface area contributed by atoms with E-state index in [9.17, 15) is 28.0 Å². The number of hydrogen-bond donors (Lipinski definition) is 5. The lowest BCUT2D eigenvalue weighted by atomic mass is 10.2. The molecule has 0 bridgehead atoms. The third kappa shape index (κ3) is 15.3. The van der Waals surface area contributed by atoms with Crippen molar-refractivity contribution in [1.29, 1.82) is 0 Å². The van der Waals surface area contributed by atoms with Gasteiger partial charge in [-0.1, -0.05) is 0 Å². The third-order valence-corrected chi connectivity index (χ3v) is 10.5. The van der Waals surface area contributed by atoms with Gasteiger partial charge in [-0.05, 0) is 119 Å². The average Bonchev–Trinajstić information content (AvgIpc) is 4.02. The molecule has 17 heteroatoms. The van der Waals surface area contributed by atoms with Crippen molar-refractivity contribution in [1.82, 2.24) is 35.7 Å². The molecule has 0 saturated carbocycles. The van der Waals surface area contributed by atoms with Crippen molar-refractivity contribution >= 4 is 46.1 Å². The van der Waals surface area contributed by atoms with Crippen LogP contribution in [0.15, 0.2) is 72.8 Å². The fraction of sp³-hybridized carbons (Fsp3) is 0.300. The van der Waals surface area contributed by atoms with Gasteiger partial charge in [-0.15, -0.1) is 22.7 Å². The molecule has 300 valence electrons. The number of benzene rings is 2. The highest BCUT2D eigenvalue weighted by Crippen LogP contribution is 2.20. The number of thiophene rings is 2. The number of carboxylic acid groups (broad SMARTS) is 1. The number of nitrogens with zero attached hydrogens (tertiary/aromatic N) is 4. The maximum atomic E-state index is 13.0. The zero-order valence-electron chi connectivity index (χ0n) is 31.5. The van der Waals surface area contributed by atoms with Gasteiger partial charge in [0.25, 0.3) is 0 Å². The number of H-pyrrole nitrogens is 2. The molecular formula is C40H44F2N8O5S2. The largest absolute Gasteiger partial charge is 0.481 e. The number of hydrogen-bond acceptors (Lipinski definition) is 11. The SMILES string of the molecule is CC(=O)c1ccc(CCCC(=O)NCCc2nc(-c3ccc(F)cc3)n[nH]2)s1.CC(=O)c1ccc(CCCC(=O)O)s1.NCCc1nc(-c2ccc(F)cc2)n[nH]1. The molecule has 0 spiro atoms. The van der Waals surface area contributed by atoms with Crippen LogP contribution in [0.3, 0.4) is 0 Å². The molecule has 57 heavy (non-hydrogen) atoms. The van der Waals surface area contributed by atoms with E-state index in [0.29, 0.717) is 56.2 Å². The van der Waals surface area contributed by atoms with Crippen LogP contribution in [0.1, 0.15) is 80.3 Å². The van der Waals surface area contributed by atoms with Gasteiger partial charge >= 0.3 is 5.97 Å². The van der Waals surface area contributed by atoms with Crippen LogP contribution in [-0.2, 0) is 35.3 Å². The van der Waals surface area contributed by atoms with E-state index in [4.69, 9.17) is 10.8 Å². The van der Waals surface area contributed by atoms with Gasteiger partial charge in [0.15, 0.2) is 23.2 Å². The number of carbonyl (C=O) groups is 4. The zero-order chi connectivity index (χ0) is 41.2. The average molecular weight is 819 g/mol. The summed E-state index contributed by atoms with van der Waals surface area (Å²) in [6.07, 6.45) is 4.71. The van der Waals surface area contributed by atoms with Crippen molar-refractivity contribution in [3.8, 4) is 22.8 Å². The smallest absolute Gasteiger partial charge is 0.303 e. The Hall–Kier alpha value is -5.78. The molecule has 0 aliphatic rings. The molecule has 6 aromatic rings. The van der Waals surface area contributed by atoms with Crippen LogP contribution in [-0.4, -0.2) is 72.0 Å². The van der Waals surface area contributed by atoms with E-state index in [1.807, 2.05) is 18.2 Å². The number of carboxylic acids is 1. The van der Waals surface area contributed by atoms with Gasteiger partial charge in [-0.2, -0.15) is 10.2 Å². The first-order chi connectivity index (χ1) is 27.4. The number of aromatic nitrogens is 6. The van der Waals surface area contributed by atoms with E-state index < -0.39 is 5.97 Å². The summed E-state index contributed by atoms with van der Waals surface area (Å²) in [5.41, 5.74) is 6.91. The lowest BCUT2D eigenvalue weighted by molar-refractivity contribution is -0.137. The molecule has 0 fully saturated rings. The molecule has 4 heterocycles. The fourth-order valence-electron chi connectivity index (χ4n) is 5.06. The first-order valence-electron chi connectivity index (χ1n) is 18.1. The maximum absolute atomic E-state index is 13.0. The lowest BCUT2D eigenvalue weighted by Crippen LogP contribution is -2.25. The predicted octanol–water partition coefficient (Wildman–Crippen LogP) is 7.03. The second kappa shape index (κ2) is 22.7. The van der Waals surface area contributed by atoms with E-state index in [2.05, 4.69) is 35.7 Å². The van der Waals surface area contributed by atoms with Crippen LogP contribution in [0.2, 0.25) is 0 Å². The number of carbonyl (C=O) groups excluding carboxylic acids is 3. The minimum absolute atomic E-state index is 0.0124. The summed E-state index contributed by atoms with van der Waals surface area (Å²) in [6, 6.07) is 19.5. The molecule has 0 radical (unpaired) electrons. The van der Waals surface area contributed by atoms with Crippen LogP contribution in [0, 0.1) is 11.6 Å². The highest BCUT2D eigenvalue weighted by Gasteiger charge is 2.10. The molecule has 6 N–H and O–H groups in total. The molecule has 0 saturated heterocycles. The molecule has 0 aliphatic heterocycles. The lowest BCUT2D eigenvalue weighted by Gasteiger charge is -2.03. The summed E-state index contributed by atoms with van der Waals surface area (Å²) in [7, 11) is 0. The number of ketones is 2. The number of halogens is 2. The molecule has 13 nitrogen and oxygen atoms in total. The van der Waals surface area contributed by atoms with Gasteiger partial charge < -0.3 is 16.2 Å². The third-order valence-electron chi connectivity index (χ3n) is 7.99. The van der Waals surface area contributed by atoms with E-state index >= 15 is 0 Å². The Balaban J connectivity index is 0.000000209. The molecule has 2 aromatic carbocycles. The Morgan fingerprint density at radius 1 is 0.667 bits per heavy atom. The molecule has 6 rings (SSSR count). The van der Waals surface area contributed by atoms with Gasteiger partial charge in [0.2, 0.25) is 5.91 Å². The Bertz CT molecular complexity index is 2200. The van der Waals surface area contributed by atoms with Crippen molar-refractivity contribution in [3.63, 3.8) is 0 Å². The molecule has 0 atom stereocenters. The van der Waals surface area contributed by atoms with E-state index in [-0.39, 0.29) is 35.5 Å². The second-order valence-corrected chi connectivity index (χ2v) is 14.9. The number of Topliss-reactive ketones (excluding diaryl/α,β-unsaturated/α-hetero) is 2. The first-order valence-corrected chi connectivity index (χ1v) is 19.8. The summed E-state index contributed by atoms with van der Waals surface area (Å²) in [5, 5.41) is 25.1. The number of aliphatic carboxylic acids is 1. The van der Waals surface area contributed by atoms with Crippen LogP contribution in [0.4, 0.5) is 8.78 Å². The monoisotopic (exact) mass is 818 g/mol. The van der Waals surface area contributed by atoms with Gasteiger partial charge in [0.1, 0.15) is 23.3 Å². The summed E-state index contributed by atoms with van der Waals surface area (Å²) in [4.78, 5) is 56.7. The van der Waals surface area contributed by atoms with Crippen molar-refractivity contribution in [3.05, 3.63) is 116 Å². The van der Waals surface area contributed by atoms with E-state index in [1.54, 1.807) is 37.3 Å². The van der Waals surface area contributed by atoms with Crippen LogP contribution in [0.5, 0.6) is 0 Å². The zero-order valence-corrected chi connectivity index (χ0v) is 33.2. The Labute approximate surface area is 336 Å². The van der Waals surface area contributed by atoms with Crippen LogP contribution in [0.25, 0.3) is 22.8 Å². The first kappa shape index (κ1) is 43.9.